The van der Waals surface area contributed by atoms with Crippen molar-refractivity contribution in [1.29, 1.82) is 0 Å². The van der Waals surface area contributed by atoms with E-state index in [4.69, 9.17) is 4.74 Å². The van der Waals surface area contributed by atoms with E-state index in [1.807, 2.05) is 0 Å². The molecule has 0 radical (unpaired) electrons. The number of carbonyl (C=O) groups is 1. The molecule has 0 amide bonds. The Morgan fingerprint density at radius 2 is 1.84 bits per heavy atom. The summed E-state index contributed by atoms with van der Waals surface area (Å²) in [6.07, 6.45) is 0. The van der Waals surface area contributed by atoms with E-state index in [1.165, 1.54) is 26.4 Å². The van der Waals surface area contributed by atoms with Crippen molar-refractivity contribution in [3.8, 4) is 5.75 Å². The van der Waals surface area contributed by atoms with Crippen molar-refractivity contribution in [3.63, 3.8) is 0 Å². The SMILES string of the molecule is COC(=O)c1ccc(CN(Cc2ccc(OC)cc2)S(=O)[O-])c(F)c1. The molecular formula is C17H17FNO5S-. The van der Waals surface area contributed by atoms with E-state index in [1.54, 1.807) is 24.3 Å². The van der Waals surface area contributed by atoms with Crippen LogP contribution in [0.2, 0.25) is 0 Å². The second-order valence-corrected chi connectivity index (χ2v) is 6.11. The number of ether oxygens (including phenoxy) is 2. The minimum Gasteiger partial charge on any atom is -0.760 e. The van der Waals surface area contributed by atoms with Gasteiger partial charge in [-0.2, -0.15) is 0 Å². The molecule has 8 heteroatoms. The third-order valence-corrected chi connectivity index (χ3v) is 4.23. The molecule has 0 aliphatic heterocycles. The van der Waals surface area contributed by atoms with Crippen LogP contribution in [-0.2, 0) is 29.1 Å². The zero-order chi connectivity index (χ0) is 18.4. The van der Waals surface area contributed by atoms with Gasteiger partial charge in [0.05, 0.1) is 19.8 Å². The molecule has 0 spiro atoms. The average Bonchev–Trinajstić information content (AvgIpc) is 2.62. The van der Waals surface area contributed by atoms with Gasteiger partial charge in [-0.25, -0.2) is 13.5 Å². The van der Waals surface area contributed by atoms with Crippen LogP contribution in [0.4, 0.5) is 4.39 Å². The van der Waals surface area contributed by atoms with Gasteiger partial charge < -0.3 is 14.0 Å². The predicted molar refractivity (Wildman–Crippen MR) is 88.9 cm³/mol. The summed E-state index contributed by atoms with van der Waals surface area (Å²) < 4.78 is 47.7. The second kappa shape index (κ2) is 8.70. The molecule has 6 nitrogen and oxygen atoms in total. The van der Waals surface area contributed by atoms with Gasteiger partial charge in [-0.15, -0.1) is 0 Å². The summed E-state index contributed by atoms with van der Waals surface area (Å²) in [5, 5.41) is 0. The molecule has 0 heterocycles. The van der Waals surface area contributed by atoms with Gasteiger partial charge >= 0.3 is 5.97 Å². The first-order valence-corrected chi connectivity index (χ1v) is 8.31. The van der Waals surface area contributed by atoms with Gasteiger partial charge in [0.15, 0.2) is 0 Å². The van der Waals surface area contributed by atoms with Crippen LogP contribution >= 0.6 is 0 Å². The quantitative estimate of drug-likeness (QED) is 0.555. The number of halogens is 1. The molecule has 0 fully saturated rings. The first-order valence-electron chi connectivity index (χ1n) is 7.28. The van der Waals surface area contributed by atoms with Crippen LogP contribution in [-0.4, -0.2) is 33.3 Å². The van der Waals surface area contributed by atoms with Crippen molar-refractivity contribution in [2.45, 2.75) is 13.1 Å². The summed E-state index contributed by atoms with van der Waals surface area (Å²) in [7, 11) is 2.74. The van der Waals surface area contributed by atoms with Gasteiger partial charge in [0.25, 0.3) is 0 Å². The van der Waals surface area contributed by atoms with Gasteiger partial charge in [-0.3, -0.25) is 4.21 Å². The van der Waals surface area contributed by atoms with Crippen molar-refractivity contribution >= 4 is 17.2 Å². The molecule has 2 rings (SSSR count). The van der Waals surface area contributed by atoms with Gasteiger partial charge in [0.1, 0.15) is 11.6 Å². The standard InChI is InChI=1S/C17H18FNO5S/c1-23-15-7-3-12(4-8-15)10-19(25(21)22)11-14-6-5-13(9-16(14)18)17(20)24-2/h3-9H,10-11H2,1-2H3,(H,21,22)/p-1. The van der Waals surface area contributed by atoms with Crippen LogP contribution in [0.1, 0.15) is 21.5 Å². The maximum absolute atomic E-state index is 14.2. The number of hydrogen-bond acceptors (Lipinski definition) is 5. The summed E-state index contributed by atoms with van der Waals surface area (Å²) in [4.78, 5) is 11.4. The maximum Gasteiger partial charge on any atom is 0.337 e. The molecule has 0 bridgehead atoms. The third-order valence-electron chi connectivity index (χ3n) is 3.55. The van der Waals surface area contributed by atoms with Crippen molar-refractivity contribution in [2.75, 3.05) is 14.2 Å². The number of esters is 1. The van der Waals surface area contributed by atoms with E-state index in [2.05, 4.69) is 4.74 Å². The first kappa shape index (κ1) is 19.0. The Bertz CT molecular complexity index is 766. The molecule has 1 atom stereocenters. The third kappa shape index (κ3) is 5.09. The number of carbonyl (C=O) groups excluding carboxylic acids is 1. The summed E-state index contributed by atoms with van der Waals surface area (Å²) in [6, 6.07) is 10.7. The minimum atomic E-state index is -2.54. The van der Waals surface area contributed by atoms with E-state index < -0.39 is 23.1 Å². The number of hydrogen-bond donors (Lipinski definition) is 0. The van der Waals surface area contributed by atoms with Crippen LogP contribution in [0.5, 0.6) is 5.75 Å². The first-order chi connectivity index (χ1) is 11.9. The Kier molecular flexibility index (Phi) is 6.63. The van der Waals surface area contributed by atoms with Gasteiger partial charge in [0.2, 0.25) is 0 Å². The van der Waals surface area contributed by atoms with Crippen LogP contribution < -0.4 is 4.74 Å². The van der Waals surface area contributed by atoms with E-state index >= 15 is 0 Å². The maximum atomic E-state index is 14.2. The fourth-order valence-corrected chi connectivity index (χ4v) is 2.71. The number of benzene rings is 2. The summed E-state index contributed by atoms with van der Waals surface area (Å²) in [5.74, 6) is -0.677. The summed E-state index contributed by atoms with van der Waals surface area (Å²) >= 11 is -2.54. The highest BCUT2D eigenvalue weighted by Crippen LogP contribution is 2.18. The Balaban J connectivity index is 2.15. The van der Waals surface area contributed by atoms with Crippen LogP contribution in [0.15, 0.2) is 42.5 Å². The topological polar surface area (TPSA) is 78.9 Å². The van der Waals surface area contributed by atoms with E-state index in [-0.39, 0.29) is 24.2 Å². The van der Waals surface area contributed by atoms with E-state index in [0.29, 0.717) is 5.75 Å². The highest BCUT2D eigenvalue weighted by Gasteiger charge is 2.14. The molecule has 0 aliphatic carbocycles. The Morgan fingerprint density at radius 1 is 1.16 bits per heavy atom. The zero-order valence-corrected chi connectivity index (χ0v) is 14.5. The molecule has 0 saturated carbocycles. The molecule has 134 valence electrons. The van der Waals surface area contributed by atoms with Crippen LogP contribution in [0.25, 0.3) is 0 Å². The lowest BCUT2D eigenvalue weighted by molar-refractivity contribution is 0.0600. The average molecular weight is 366 g/mol. The number of methoxy groups -OCH3 is 2. The van der Waals surface area contributed by atoms with Crippen molar-refractivity contribution in [3.05, 3.63) is 65.0 Å². The summed E-state index contributed by atoms with van der Waals surface area (Å²) in [6.45, 7) is -0.0757. The lowest BCUT2D eigenvalue weighted by Crippen LogP contribution is -2.25. The van der Waals surface area contributed by atoms with Crippen LogP contribution in [0.3, 0.4) is 0 Å². The Morgan fingerprint density at radius 3 is 2.36 bits per heavy atom. The van der Waals surface area contributed by atoms with Gasteiger partial charge in [-0.05, 0) is 29.8 Å². The normalized spacial score (nSPS) is 12.0. The second-order valence-electron chi connectivity index (χ2n) is 5.16. The van der Waals surface area contributed by atoms with E-state index in [0.717, 1.165) is 15.9 Å². The molecule has 1 unspecified atom stereocenters. The van der Waals surface area contributed by atoms with Crippen molar-refractivity contribution in [2.24, 2.45) is 0 Å². The Hall–Kier alpha value is -2.29. The van der Waals surface area contributed by atoms with Crippen molar-refractivity contribution < 1.29 is 27.4 Å². The number of rotatable bonds is 7. The molecule has 25 heavy (non-hydrogen) atoms. The highest BCUT2D eigenvalue weighted by molar-refractivity contribution is 7.76. The molecule has 0 N–H and O–H groups in total. The van der Waals surface area contributed by atoms with Crippen molar-refractivity contribution in [1.82, 2.24) is 4.31 Å². The molecule has 0 aliphatic rings. The van der Waals surface area contributed by atoms with E-state index in [9.17, 15) is 17.9 Å². The lowest BCUT2D eigenvalue weighted by Gasteiger charge is -2.24. The molecule has 2 aromatic rings. The minimum absolute atomic E-state index is 0.0636. The predicted octanol–water partition coefficient (Wildman–Crippen LogP) is 2.42. The molecule has 2 aromatic carbocycles. The Labute approximate surface area is 147 Å². The van der Waals surface area contributed by atoms with Gasteiger partial charge in [-0.1, -0.05) is 18.2 Å². The highest BCUT2D eigenvalue weighted by atomic mass is 32.2. The monoisotopic (exact) mass is 366 g/mol. The largest absolute Gasteiger partial charge is 0.760 e. The fraction of sp³-hybridized carbons (Fsp3) is 0.235. The fourth-order valence-electron chi connectivity index (χ4n) is 2.21. The van der Waals surface area contributed by atoms with Gasteiger partial charge in [0, 0.05) is 29.9 Å². The van der Waals surface area contributed by atoms with Crippen LogP contribution in [0, 0.1) is 5.82 Å². The zero-order valence-electron chi connectivity index (χ0n) is 13.7. The molecular weight excluding hydrogens is 349 g/mol. The summed E-state index contributed by atoms with van der Waals surface area (Å²) in [5.41, 5.74) is 0.954. The lowest BCUT2D eigenvalue weighted by atomic mass is 10.1. The molecule has 0 aromatic heterocycles. The molecule has 0 saturated heterocycles. The smallest absolute Gasteiger partial charge is 0.337 e. The number of nitrogens with zero attached hydrogens (tertiary/aromatic N) is 1.